The Morgan fingerprint density at radius 3 is 1.38 bits per heavy atom. The van der Waals surface area contributed by atoms with Gasteiger partial charge < -0.3 is 19.4 Å². The molecule has 548 valence electrons. The average Bonchev–Trinajstić information content (AvgIpc) is 1.53. The van der Waals surface area contributed by atoms with Crippen molar-refractivity contribution in [3.05, 3.63) is 141 Å². The summed E-state index contributed by atoms with van der Waals surface area (Å²) < 4.78 is 9.31. The van der Waals surface area contributed by atoms with Gasteiger partial charge in [-0.15, -0.1) is 0 Å². The van der Waals surface area contributed by atoms with Crippen molar-refractivity contribution in [3.8, 4) is 22.3 Å². The lowest BCUT2D eigenvalue weighted by atomic mass is 9.90. The van der Waals surface area contributed by atoms with Crippen molar-refractivity contribution >= 4 is 62.8 Å². The molecular weight excluding hydrogens is 1310 g/mol. The molecule has 4 aliphatic heterocycles. The second-order valence-electron chi connectivity index (χ2n) is 31.5. The van der Waals surface area contributed by atoms with Crippen LogP contribution in [0.25, 0.3) is 44.1 Å². The molecule has 2 saturated carbocycles. The Kier molecular flexibility index (Phi) is 21.8. The summed E-state index contributed by atoms with van der Waals surface area (Å²) in [5.41, 5.74) is 11.9. The Morgan fingerprint density at radius 1 is 0.519 bits per heavy atom. The van der Waals surface area contributed by atoms with Crippen LogP contribution >= 0.6 is 0 Å². The first-order valence-electron chi connectivity index (χ1n) is 37.4. The van der Waals surface area contributed by atoms with Gasteiger partial charge in [-0.2, -0.15) is 10.2 Å². The van der Waals surface area contributed by atoms with Gasteiger partial charge in [-0.25, -0.2) is 24.7 Å². The molecule has 104 heavy (non-hydrogen) atoms. The van der Waals surface area contributed by atoms with Crippen LogP contribution in [0.1, 0.15) is 229 Å². The van der Waals surface area contributed by atoms with E-state index in [1.165, 1.54) is 39.5 Å². The number of rotatable bonds is 10. The van der Waals surface area contributed by atoms with E-state index in [2.05, 4.69) is 42.0 Å². The van der Waals surface area contributed by atoms with Gasteiger partial charge in [-0.05, 0) is 202 Å². The molecule has 10 heterocycles. The molecule has 0 spiro atoms. The van der Waals surface area contributed by atoms with Gasteiger partial charge in [-0.3, -0.25) is 48.1 Å². The van der Waals surface area contributed by atoms with Crippen molar-refractivity contribution in [1.82, 2.24) is 64.2 Å². The van der Waals surface area contributed by atoms with Crippen molar-refractivity contribution in [2.24, 2.45) is 10.8 Å². The number of benzene rings is 2. The molecule has 21 heteroatoms. The highest BCUT2D eigenvalue weighted by atomic mass is 16.6. The van der Waals surface area contributed by atoms with Crippen molar-refractivity contribution < 1.29 is 38.3 Å². The molecule has 14 rings (SSSR count). The van der Waals surface area contributed by atoms with Gasteiger partial charge in [0.05, 0.1) is 47.3 Å². The smallest absolute Gasteiger partial charge is 0.410 e. The number of amides is 3. The third-order valence-corrected chi connectivity index (χ3v) is 22.5. The molecule has 6 aliphatic rings. The van der Waals surface area contributed by atoms with E-state index in [1.54, 1.807) is 26.7 Å². The third kappa shape index (κ3) is 15.9. The number of pyridine rings is 2. The molecule has 6 atom stereocenters. The van der Waals surface area contributed by atoms with Crippen LogP contribution < -0.4 is 0 Å². The van der Waals surface area contributed by atoms with Gasteiger partial charge in [0.25, 0.3) is 0 Å². The van der Waals surface area contributed by atoms with E-state index < -0.39 is 23.1 Å². The molecule has 0 radical (unpaired) electrons. The Labute approximate surface area is 611 Å². The Hall–Kier alpha value is -9.27. The number of hydrogen-bond donors (Lipinski definition) is 0. The van der Waals surface area contributed by atoms with Crippen molar-refractivity contribution in [2.45, 2.75) is 261 Å². The number of aryl methyl sites for hydroxylation is 8. The number of ketones is 4. The van der Waals surface area contributed by atoms with Crippen LogP contribution in [0.3, 0.4) is 0 Å². The topological polar surface area (TPSA) is 251 Å². The monoisotopic (exact) mass is 1410 g/mol. The third-order valence-electron chi connectivity index (χ3n) is 22.5. The number of hydrogen-bond acceptors (Lipinski definition) is 16. The first-order chi connectivity index (χ1) is 49.3. The van der Waals surface area contributed by atoms with E-state index in [0.29, 0.717) is 60.0 Å². The summed E-state index contributed by atoms with van der Waals surface area (Å²) in [6.45, 7) is 20.9. The van der Waals surface area contributed by atoms with Crippen molar-refractivity contribution in [2.75, 3.05) is 13.1 Å². The maximum Gasteiger partial charge on any atom is 0.410 e. The van der Waals surface area contributed by atoms with Gasteiger partial charge in [0.15, 0.2) is 23.1 Å². The van der Waals surface area contributed by atoms with Gasteiger partial charge in [-0.1, -0.05) is 77.3 Å². The molecule has 4 fully saturated rings. The second-order valence-corrected chi connectivity index (χ2v) is 31.5. The molecule has 6 aromatic heterocycles. The molecule has 21 nitrogen and oxygen atoms in total. The van der Waals surface area contributed by atoms with Crippen LogP contribution in [0.2, 0.25) is 0 Å². The predicted octanol–water partition coefficient (Wildman–Crippen LogP) is 14.4. The largest absolute Gasteiger partial charge is 0.444 e. The zero-order chi connectivity index (χ0) is 72.8. The van der Waals surface area contributed by atoms with Crippen LogP contribution in [0, 0.1) is 52.4 Å². The fourth-order valence-electron chi connectivity index (χ4n) is 16.9. The summed E-state index contributed by atoms with van der Waals surface area (Å²) in [5.74, 6) is 0.689. The number of carbonyl (C=O) groups excluding carboxylic acids is 7. The Bertz CT molecular complexity index is 4630. The first kappa shape index (κ1) is 74.4. The van der Waals surface area contributed by atoms with E-state index in [9.17, 15) is 33.6 Å². The number of ether oxygens (including phenoxy) is 1. The number of aromatic nitrogens is 10. The summed E-state index contributed by atoms with van der Waals surface area (Å²) in [7, 11) is 0. The molecule has 2 saturated heterocycles. The molecule has 0 N–H and O–H groups in total. The number of piperidine rings is 2. The molecule has 8 aromatic rings. The number of carbonyl (C=O) groups is 7. The molecule has 3 amide bonds. The Morgan fingerprint density at radius 2 is 0.933 bits per heavy atom. The minimum Gasteiger partial charge on any atom is -0.444 e. The zero-order valence-corrected chi connectivity index (χ0v) is 62.0. The number of Topliss-reactive ketones (excluding diaryl/α,β-unsaturated/α-hetero) is 4. The fraction of sp³-hybridized carbons (Fsp3) is 0.530. The van der Waals surface area contributed by atoms with Gasteiger partial charge in [0.1, 0.15) is 41.7 Å². The first-order valence-corrected chi connectivity index (χ1v) is 37.4. The highest BCUT2D eigenvalue weighted by molar-refractivity contribution is 6.08. The fourth-order valence-corrected chi connectivity index (χ4v) is 16.9. The standard InChI is InChI=1S/C43H53N7O5.C39H46N6O3.CH4/c1-26-14-15-27(2)46-34(26)19-36(52)35-20-43-21-37(43)50(35)38(53)24-49-40-30(13-11-9-8-10-12-16-48(25-43)41(54)55-42(5,6)7)17-31(32-22-44-29(4)45-23-32)18-33(40)39(47-49)28(3)51;1-24-13-14-25(2)42-32(24)18-34(47)33-19-39-15-11-9-7-5-6-8-10-12-28-16-29(30-21-40-27(4)41-22-30)17-31-37(26(3)46)43-44(38(28)31)23-36(48)45(33)35(39)20-39;/h14-15,17-18,22-23,35,37H,8-13,16,19-21,24-25H2,1-7H3;13-14,16-17,21-22,33,35H,5-12,15,18-20,23H2,1-4H3;1H4/t35-,37+,43-;33-,35+,39-;/m00./s1. The van der Waals surface area contributed by atoms with E-state index in [-0.39, 0.29) is 91.9 Å². The second kappa shape index (κ2) is 30.4. The maximum atomic E-state index is 14.8. The maximum absolute atomic E-state index is 14.8. The Balaban J connectivity index is 0.000000195. The highest BCUT2D eigenvalue weighted by Gasteiger charge is 2.68. The lowest BCUT2D eigenvalue weighted by molar-refractivity contribution is -0.139. The van der Waals surface area contributed by atoms with Crippen LogP contribution in [0.15, 0.2) is 73.3 Å². The quantitative estimate of drug-likeness (QED) is 0.115. The molecule has 4 bridgehead atoms. The van der Waals surface area contributed by atoms with E-state index >= 15 is 0 Å². The average molecular weight is 1410 g/mol. The van der Waals surface area contributed by atoms with Crippen molar-refractivity contribution in [1.29, 1.82) is 0 Å². The van der Waals surface area contributed by atoms with Crippen LogP contribution in [-0.4, -0.2) is 148 Å². The summed E-state index contributed by atoms with van der Waals surface area (Å²) in [6, 6.07) is 14.8. The van der Waals surface area contributed by atoms with Gasteiger partial charge in [0, 0.05) is 103 Å². The minimum absolute atomic E-state index is 0. The van der Waals surface area contributed by atoms with Gasteiger partial charge >= 0.3 is 6.09 Å². The predicted molar refractivity (Wildman–Crippen MR) is 400 cm³/mol. The van der Waals surface area contributed by atoms with E-state index in [4.69, 9.17) is 14.9 Å². The van der Waals surface area contributed by atoms with E-state index in [0.717, 1.165) is 161 Å². The summed E-state index contributed by atoms with van der Waals surface area (Å²) >= 11 is 0. The lowest BCUT2D eigenvalue weighted by Gasteiger charge is -2.30. The van der Waals surface area contributed by atoms with E-state index in [1.807, 2.05) is 121 Å². The molecule has 2 aromatic carbocycles. The molecule has 2 aliphatic carbocycles. The SMILES string of the molecule is C.CC(=O)c1nn2c3c(cc(-c4cnc(C)nc4)cc13)CCCCCCCCC[C@@]13C[C@@H](C(=O)Cc4nc(C)ccc4C)N(C(=O)C2)[C@@H]1C3.CC(=O)c1nn2c3c(cc(-c4cnc(C)nc4)cc13)CCCCCCCN(C(=O)OC(C)(C)C)C[C@@]13C[C@@H](C(=O)Cc4nc(C)ccc4C)N(C(=O)C2)[C@@H]1C3. The van der Waals surface area contributed by atoms with Crippen LogP contribution in [0.4, 0.5) is 4.79 Å². The summed E-state index contributed by atoms with van der Waals surface area (Å²) in [5, 5.41) is 11.1. The van der Waals surface area contributed by atoms with Crippen LogP contribution in [-0.2, 0) is 62.7 Å². The van der Waals surface area contributed by atoms with Crippen LogP contribution in [0.5, 0.6) is 0 Å². The molecule has 0 unspecified atom stereocenters. The van der Waals surface area contributed by atoms with Crippen molar-refractivity contribution in [3.63, 3.8) is 0 Å². The number of nitrogens with zero attached hydrogens (tertiary/aromatic N) is 13. The highest BCUT2D eigenvalue weighted by Crippen LogP contribution is 2.63. The zero-order valence-electron chi connectivity index (χ0n) is 62.0. The summed E-state index contributed by atoms with van der Waals surface area (Å²) in [6.07, 6.45) is 25.3. The summed E-state index contributed by atoms with van der Waals surface area (Å²) in [4.78, 5) is 130. The lowest BCUT2D eigenvalue weighted by Crippen LogP contribution is -2.45. The normalized spacial score (nSPS) is 22.3. The molecular formula is C83H103N13O8. The minimum atomic E-state index is -0.686. The van der Waals surface area contributed by atoms with Gasteiger partial charge in [0.2, 0.25) is 11.8 Å².